The first-order valence-corrected chi connectivity index (χ1v) is 8.56. The van der Waals surface area contributed by atoms with Crippen LogP contribution in [0.2, 0.25) is 0 Å². The van der Waals surface area contributed by atoms with E-state index in [-0.39, 0.29) is 5.56 Å². The molecule has 0 aliphatic carbocycles. The van der Waals surface area contributed by atoms with Crippen molar-refractivity contribution in [2.24, 2.45) is 0 Å². The predicted octanol–water partition coefficient (Wildman–Crippen LogP) is 3.80. The number of H-pyrrole nitrogens is 1. The van der Waals surface area contributed by atoms with Crippen LogP contribution in [0.1, 0.15) is 11.1 Å². The van der Waals surface area contributed by atoms with E-state index in [2.05, 4.69) is 20.3 Å². The highest BCUT2D eigenvalue weighted by molar-refractivity contribution is 7.21. The Balaban J connectivity index is 1.71. The maximum atomic E-state index is 11.6. The number of rotatable bonds is 3. The average Bonchev–Trinajstić information content (AvgIpc) is 2.97. The van der Waals surface area contributed by atoms with E-state index in [9.17, 15) is 4.79 Å². The van der Waals surface area contributed by atoms with Crippen LogP contribution in [0.4, 0.5) is 11.6 Å². The summed E-state index contributed by atoms with van der Waals surface area (Å²) in [5.41, 5.74) is 3.77. The molecule has 4 rings (SSSR count). The minimum absolute atomic E-state index is 0.146. The van der Waals surface area contributed by atoms with Gasteiger partial charge in [-0.2, -0.15) is 0 Å². The lowest BCUT2D eigenvalue weighted by atomic mass is 10.2. The van der Waals surface area contributed by atoms with E-state index in [1.54, 1.807) is 29.8 Å². The molecule has 2 N–H and O–H groups in total. The van der Waals surface area contributed by atoms with Crippen molar-refractivity contribution in [2.75, 3.05) is 5.32 Å². The van der Waals surface area contributed by atoms with Gasteiger partial charge in [-0.05, 0) is 37.1 Å². The summed E-state index contributed by atoms with van der Waals surface area (Å²) >= 11 is 1.60. The van der Waals surface area contributed by atoms with Gasteiger partial charge in [-0.3, -0.25) is 9.78 Å². The maximum Gasteiger partial charge on any atom is 0.249 e. The molecule has 4 aromatic heterocycles. The van der Waals surface area contributed by atoms with Crippen LogP contribution in [-0.4, -0.2) is 19.9 Å². The van der Waals surface area contributed by atoms with Crippen molar-refractivity contribution >= 4 is 33.2 Å². The number of hydrogen-bond acceptors (Lipinski definition) is 6. The van der Waals surface area contributed by atoms with Gasteiger partial charge < -0.3 is 10.3 Å². The summed E-state index contributed by atoms with van der Waals surface area (Å²) in [5, 5.41) is 4.07. The molecule has 0 amide bonds. The highest BCUT2D eigenvalue weighted by atomic mass is 32.1. The van der Waals surface area contributed by atoms with E-state index >= 15 is 0 Å². The van der Waals surface area contributed by atoms with Gasteiger partial charge in [-0.25, -0.2) is 9.97 Å². The van der Waals surface area contributed by atoms with Gasteiger partial charge in [0.15, 0.2) is 0 Å². The summed E-state index contributed by atoms with van der Waals surface area (Å²) in [6.45, 7) is 3.90. The molecule has 0 aliphatic heterocycles. The van der Waals surface area contributed by atoms with E-state index < -0.39 is 0 Å². The standard InChI is InChI=1S/C18H15N5OS/c1-10-5-16(23-17(24)6-10)22-15-7-13-14(9-20-15)25-18(21-13)12-3-4-19-8-11(12)2/h3-9H,1-2H3,(H2,20,22,23,24). The van der Waals surface area contributed by atoms with Crippen LogP contribution in [0.25, 0.3) is 20.8 Å². The second-order valence-corrected chi connectivity index (χ2v) is 6.84. The van der Waals surface area contributed by atoms with Crippen molar-refractivity contribution in [3.8, 4) is 10.6 Å². The third kappa shape index (κ3) is 3.14. The first-order chi connectivity index (χ1) is 12.1. The van der Waals surface area contributed by atoms with E-state index in [1.807, 2.05) is 38.2 Å². The van der Waals surface area contributed by atoms with E-state index in [1.165, 1.54) is 0 Å². The summed E-state index contributed by atoms with van der Waals surface area (Å²) in [4.78, 5) is 27.6. The largest absolute Gasteiger partial charge is 0.326 e. The first-order valence-electron chi connectivity index (χ1n) is 7.74. The molecule has 7 heteroatoms. The zero-order valence-corrected chi connectivity index (χ0v) is 14.5. The van der Waals surface area contributed by atoms with Gasteiger partial charge in [0.05, 0.1) is 10.2 Å². The number of aromatic nitrogens is 4. The number of fused-ring (bicyclic) bond motifs is 1. The van der Waals surface area contributed by atoms with Crippen LogP contribution in [0.15, 0.2) is 47.7 Å². The molecule has 0 bridgehead atoms. The molecule has 0 spiro atoms. The van der Waals surface area contributed by atoms with Gasteiger partial charge in [0.1, 0.15) is 16.6 Å². The molecule has 0 saturated heterocycles. The molecule has 0 fully saturated rings. The van der Waals surface area contributed by atoms with Gasteiger partial charge in [-0.15, -0.1) is 11.3 Å². The highest BCUT2D eigenvalue weighted by Crippen LogP contribution is 2.32. The average molecular weight is 349 g/mol. The summed E-state index contributed by atoms with van der Waals surface area (Å²) in [6.07, 6.45) is 5.40. The summed E-state index contributed by atoms with van der Waals surface area (Å²) in [7, 11) is 0. The fourth-order valence-corrected chi connectivity index (χ4v) is 3.62. The Bertz CT molecular complexity index is 1130. The lowest BCUT2D eigenvalue weighted by Crippen LogP contribution is -2.08. The monoisotopic (exact) mass is 349 g/mol. The maximum absolute atomic E-state index is 11.6. The van der Waals surface area contributed by atoms with Crippen LogP contribution in [0, 0.1) is 13.8 Å². The van der Waals surface area contributed by atoms with Crippen LogP contribution in [0.3, 0.4) is 0 Å². The number of anilines is 2. The summed E-state index contributed by atoms with van der Waals surface area (Å²) in [6, 6.07) is 7.26. The Morgan fingerprint density at radius 1 is 1.16 bits per heavy atom. The van der Waals surface area contributed by atoms with Crippen molar-refractivity contribution < 1.29 is 0 Å². The van der Waals surface area contributed by atoms with E-state index in [0.717, 1.165) is 31.9 Å². The SMILES string of the molecule is Cc1cc(Nc2cc3nc(-c4ccncc4C)sc3cn2)[nH]c(=O)c1. The Hall–Kier alpha value is -3.06. The summed E-state index contributed by atoms with van der Waals surface area (Å²) in [5.74, 6) is 1.24. The normalized spacial score (nSPS) is 11.0. The van der Waals surface area contributed by atoms with Gasteiger partial charge >= 0.3 is 0 Å². The van der Waals surface area contributed by atoms with E-state index in [4.69, 9.17) is 4.98 Å². The van der Waals surface area contributed by atoms with Crippen LogP contribution in [-0.2, 0) is 0 Å². The van der Waals surface area contributed by atoms with Crippen molar-refractivity contribution in [2.45, 2.75) is 13.8 Å². The van der Waals surface area contributed by atoms with Gasteiger partial charge in [-0.1, -0.05) is 0 Å². The minimum Gasteiger partial charge on any atom is -0.326 e. The second-order valence-electron chi connectivity index (χ2n) is 5.81. The summed E-state index contributed by atoms with van der Waals surface area (Å²) < 4.78 is 1.01. The molecular weight excluding hydrogens is 334 g/mol. The molecule has 4 heterocycles. The highest BCUT2D eigenvalue weighted by Gasteiger charge is 2.10. The van der Waals surface area contributed by atoms with Crippen molar-refractivity contribution in [3.05, 3.63) is 64.3 Å². The molecule has 25 heavy (non-hydrogen) atoms. The van der Waals surface area contributed by atoms with Crippen molar-refractivity contribution in [1.82, 2.24) is 19.9 Å². The molecule has 0 aliphatic rings. The number of nitrogens with zero attached hydrogens (tertiary/aromatic N) is 3. The lowest BCUT2D eigenvalue weighted by Gasteiger charge is -2.05. The molecule has 0 radical (unpaired) electrons. The zero-order chi connectivity index (χ0) is 17.4. The Labute approximate surface area is 147 Å². The fraction of sp³-hybridized carbons (Fsp3) is 0.111. The fourth-order valence-electron chi connectivity index (χ4n) is 2.62. The van der Waals surface area contributed by atoms with E-state index in [0.29, 0.717) is 11.6 Å². The smallest absolute Gasteiger partial charge is 0.249 e. The number of thiazole rings is 1. The topological polar surface area (TPSA) is 83.6 Å². The quantitative estimate of drug-likeness (QED) is 0.588. The number of pyridine rings is 3. The lowest BCUT2D eigenvalue weighted by molar-refractivity contribution is 1.19. The second kappa shape index (κ2) is 6.10. The molecule has 0 saturated carbocycles. The third-order valence-electron chi connectivity index (χ3n) is 3.78. The molecule has 0 unspecified atom stereocenters. The molecular formula is C18H15N5OS. The Morgan fingerprint density at radius 2 is 2.04 bits per heavy atom. The molecule has 0 atom stereocenters. The number of hydrogen-bond donors (Lipinski definition) is 2. The Kier molecular flexibility index (Phi) is 3.77. The molecule has 6 nitrogen and oxygen atoms in total. The van der Waals surface area contributed by atoms with Gasteiger partial charge in [0.2, 0.25) is 5.56 Å². The number of aryl methyl sites for hydroxylation is 2. The zero-order valence-electron chi connectivity index (χ0n) is 13.7. The van der Waals surface area contributed by atoms with Crippen molar-refractivity contribution in [3.63, 3.8) is 0 Å². The molecule has 124 valence electrons. The third-order valence-corrected chi connectivity index (χ3v) is 4.82. The number of aromatic amines is 1. The van der Waals surface area contributed by atoms with Crippen LogP contribution in [0.5, 0.6) is 0 Å². The predicted molar refractivity (Wildman–Crippen MR) is 100 cm³/mol. The first kappa shape index (κ1) is 15.5. The molecule has 4 aromatic rings. The van der Waals surface area contributed by atoms with Gasteiger partial charge in [0.25, 0.3) is 0 Å². The van der Waals surface area contributed by atoms with Crippen molar-refractivity contribution in [1.29, 1.82) is 0 Å². The van der Waals surface area contributed by atoms with Gasteiger partial charge in [0, 0.05) is 36.3 Å². The van der Waals surface area contributed by atoms with Crippen LogP contribution < -0.4 is 10.9 Å². The van der Waals surface area contributed by atoms with Crippen LogP contribution >= 0.6 is 11.3 Å². The molecule has 0 aromatic carbocycles. The minimum atomic E-state index is -0.146. The Morgan fingerprint density at radius 3 is 2.84 bits per heavy atom. The number of nitrogens with one attached hydrogen (secondary N) is 2.